The van der Waals surface area contributed by atoms with Gasteiger partial charge in [0.15, 0.2) is 0 Å². The summed E-state index contributed by atoms with van der Waals surface area (Å²) < 4.78 is 25.9. The van der Waals surface area contributed by atoms with Gasteiger partial charge < -0.3 is 5.73 Å². The van der Waals surface area contributed by atoms with E-state index in [9.17, 15) is 8.78 Å². The minimum Gasteiger partial charge on any atom is -0.320 e. The van der Waals surface area contributed by atoms with Crippen molar-refractivity contribution < 1.29 is 8.78 Å². The fraction of sp³-hybridized carbons (Fsp3) is 0.0909. The lowest BCUT2D eigenvalue weighted by atomic mass is 10.1. The molecule has 15 heavy (non-hydrogen) atoms. The highest BCUT2D eigenvalue weighted by Gasteiger charge is 2.11. The summed E-state index contributed by atoms with van der Waals surface area (Å²) in [4.78, 5) is 0.889. The first kappa shape index (κ1) is 10.3. The summed E-state index contributed by atoms with van der Waals surface area (Å²) in [5, 5.41) is 1.88. The van der Waals surface area contributed by atoms with Crippen LogP contribution in [-0.2, 0) is 0 Å². The second-order valence-corrected chi connectivity index (χ2v) is 4.18. The van der Waals surface area contributed by atoms with Crippen LogP contribution in [0.3, 0.4) is 0 Å². The highest BCUT2D eigenvalue weighted by atomic mass is 32.1. The third-order valence-electron chi connectivity index (χ3n) is 2.09. The van der Waals surface area contributed by atoms with Crippen LogP contribution < -0.4 is 5.73 Å². The van der Waals surface area contributed by atoms with Gasteiger partial charge in [0.05, 0.1) is 6.04 Å². The number of halogens is 2. The van der Waals surface area contributed by atoms with Gasteiger partial charge in [-0.15, -0.1) is 11.3 Å². The molecule has 0 aliphatic carbocycles. The maximum Gasteiger partial charge on any atom is 0.126 e. The summed E-state index contributed by atoms with van der Waals surface area (Å²) in [6, 6.07) is 6.59. The van der Waals surface area contributed by atoms with Crippen LogP contribution in [0.2, 0.25) is 0 Å². The molecule has 0 bridgehead atoms. The smallest absolute Gasteiger partial charge is 0.126 e. The molecule has 1 nitrogen and oxygen atoms in total. The van der Waals surface area contributed by atoms with Crippen molar-refractivity contribution >= 4 is 11.3 Å². The Balaban J connectivity index is 2.37. The maximum absolute atomic E-state index is 12.9. The lowest BCUT2D eigenvalue weighted by Crippen LogP contribution is -2.10. The molecule has 0 fully saturated rings. The Bertz CT molecular complexity index is 433. The number of thiophene rings is 1. The average Bonchev–Trinajstić information content (AvgIpc) is 2.67. The molecule has 0 saturated carbocycles. The fourth-order valence-electron chi connectivity index (χ4n) is 1.39. The molecule has 1 atom stereocenters. The zero-order valence-electron chi connectivity index (χ0n) is 7.78. The van der Waals surface area contributed by atoms with Crippen LogP contribution >= 0.6 is 11.3 Å². The number of nitrogens with two attached hydrogens (primary N) is 1. The molecule has 0 amide bonds. The Labute approximate surface area is 90.2 Å². The zero-order valence-corrected chi connectivity index (χ0v) is 8.60. The van der Waals surface area contributed by atoms with E-state index < -0.39 is 17.7 Å². The van der Waals surface area contributed by atoms with E-state index in [1.165, 1.54) is 23.5 Å². The highest BCUT2D eigenvalue weighted by molar-refractivity contribution is 7.10. The van der Waals surface area contributed by atoms with Gasteiger partial charge in [0.1, 0.15) is 11.6 Å². The lowest BCUT2D eigenvalue weighted by Gasteiger charge is -2.09. The van der Waals surface area contributed by atoms with Gasteiger partial charge in [-0.1, -0.05) is 6.07 Å². The van der Waals surface area contributed by atoms with Crippen molar-refractivity contribution in [3.63, 3.8) is 0 Å². The van der Waals surface area contributed by atoms with E-state index in [1.54, 1.807) is 0 Å². The number of benzene rings is 1. The SMILES string of the molecule is NC(c1cc(F)cc(F)c1)c1cccs1. The second kappa shape index (κ2) is 4.08. The van der Waals surface area contributed by atoms with Crippen LogP contribution in [0.1, 0.15) is 16.5 Å². The maximum atomic E-state index is 12.9. The molecule has 0 radical (unpaired) electrons. The Morgan fingerprint density at radius 1 is 1.13 bits per heavy atom. The first-order valence-corrected chi connectivity index (χ1v) is 5.30. The average molecular weight is 225 g/mol. The molecule has 0 aliphatic heterocycles. The molecular formula is C11H9F2NS. The van der Waals surface area contributed by atoms with E-state index in [1.807, 2.05) is 17.5 Å². The van der Waals surface area contributed by atoms with Gasteiger partial charge in [0.2, 0.25) is 0 Å². The topological polar surface area (TPSA) is 26.0 Å². The third kappa shape index (κ3) is 2.22. The molecule has 78 valence electrons. The van der Waals surface area contributed by atoms with E-state index in [0.29, 0.717) is 5.56 Å². The minimum atomic E-state index is -0.600. The van der Waals surface area contributed by atoms with Crippen molar-refractivity contribution in [2.24, 2.45) is 5.73 Å². The molecule has 1 aromatic carbocycles. The van der Waals surface area contributed by atoms with E-state index >= 15 is 0 Å². The first-order valence-electron chi connectivity index (χ1n) is 4.42. The molecular weight excluding hydrogens is 216 g/mol. The van der Waals surface area contributed by atoms with Crippen molar-refractivity contribution in [1.29, 1.82) is 0 Å². The van der Waals surface area contributed by atoms with Crippen LogP contribution in [0.4, 0.5) is 8.78 Å². The largest absolute Gasteiger partial charge is 0.320 e. The van der Waals surface area contributed by atoms with Crippen LogP contribution in [0.15, 0.2) is 35.7 Å². The van der Waals surface area contributed by atoms with Crippen molar-refractivity contribution in [3.05, 3.63) is 57.8 Å². The fourth-order valence-corrected chi connectivity index (χ4v) is 2.14. The third-order valence-corrected chi connectivity index (χ3v) is 3.05. The highest BCUT2D eigenvalue weighted by Crippen LogP contribution is 2.24. The molecule has 0 aliphatic rings. The summed E-state index contributed by atoms with van der Waals surface area (Å²) in [7, 11) is 0. The standard InChI is InChI=1S/C11H9F2NS/c12-8-4-7(5-9(13)6-8)11(14)10-2-1-3-15-10/h1-6,11H,14H2. The van der Waals surface area contributed by atoms with Crippen molar-refractivity contribution in [2.45, 2.75) is 6.04 Å². The number of hydrogen-bond acceptors (Lipinski definition) is 2. The first-order chi connectivity index (χ1) is 7.16. The quantitative estimate of drug-likeness (QED) is 0.835. The predicted octanol–water partition coefficient (Wildman–Crippen LogP) is 3.07. The van der Waals surface area contributed by atoms with Gasteiger partial charge in [-0.3, -0.25) is 0 Å². The van der Waals surface area contributed by atoms with Crippen LogP contribution in [-0.4, -0.2) is 0 Å². The van der Waals surface area contributed by atoms with E-state index in [-0.39, 0.29) is 0 Å². The van der Waals surface area contributed by atoms with Crippen molar-refractivity contribution in [3.8, 4) is 0 Å². The van der Waals surface area contributed by atoms with Gasteiger partial charge in [-0.25, -0.2) is 8.78 Å². The van der Waals surface area contributed by atoms with Crippen LogP contribution in [0.25, 0.3) is 0 Å². The Morgan fingerprint density at radius 3 is 2.33 bits per heavy atom. The normalized spacial score (nSPS) is 12.7. The molecule has 0 saturated heterocycles. The van der Waals surface area contributed by atoms with Crippen LogP contribution in [0.5, 0.6) is 0 Å². The van der Waals surface area contributed by atoms with Crippen molar-refractivity contribution in [2.75, 3.05) is 0 Å². The molecule has 1 aromatic heterocycles. The number of hydrogen-bond donors (Lipinski definition) is 1. The van der Waals surface area contributed by atoms with E-state index in [4.69, 9.17) is 5.73 Å². The Kier molecular flexibility index (Phi) is 2.79. The monoisotopic (exact) mass is 225 g/mol. The van der Waals surface area contributed by atoms with Crippen LogP contribution in [0, 0.1) is 11.6 Å². The van der Waals surface area contributed by atoms with Gasteiger partial charge in [0.25, 0.3) is 0 Å². The molecule has 2 aromatic rings. The van der Waals surface area contributed by atoms with Gasteiger partial charge >= 0.3 is 0 Å². The van der Waals surface area contributed by atoms with Gasteiger partial charge in [-0.05, 0) is 29.1 Å². The molecule has 1 unspecified atom stereocenters. The Morgan fingerprint density at radius 2 is 1.80 bits per heavy atom. The van der Waals surface area contributed by atoms with Crippen molar-refractivity contribution in [1.82, 2.24) is 0 Å². The van der Waals surface area contributed by atoms with E-state index in [0.717, 1.165) is 10.9 Å². The lowest BCUT2D eigenvalue weighted by molar-refractivity contribution is 0.577. The second-order valence-electron chi connectivity index (χ2n) is 3.20. The summed E-state index contributed by atoms with van der Waals surface area (Å²) in [6.45, 7) is 0. The molecule has 4 heteroatoms. The summed E-state index contributed by atoms with van der Waals surface area (Å²) in [6.07, 6.45) is 0. The molecule has 0 spiro atoms. The number of rotatable bonds is 2. The summed E-state index contributed by atoms with van der Waals surface area (Å²) >= 11 is 1.47. The zero-order chi connectivity index (χ0) is 10.8. The van der Waals surface area contributed by atoms with E-state index in [2.05, 4.69) is 0 Å². The molecule has 2 rings (SSSR count). The van der Waals surface area contributed by atoms with Gasteiger partial charge in [-0.2, -0.15) is 0 Å². The minimum absolute atomic E-state index is 0.454. The van der Waals surface area contributed by atoms with Gasteiger partial charge in [0, 0.05) is 10.9 Å². The molecule has 1 heterocycles. The summed E-state index contributed by atoms with van der Waals surface area (Å²) in [5.74, 6) is -1.20. The molecule has 2 N–H and O–H groups in total. The predicted molar refractivity (Wildman–Crippen MR) is 56.7 cm³/mol. The summed E-state index contributed by atoms with van der Waals surface area (Å²) in [5.41, 5.74) is 6.33. The Hall–Kier alpha value is -1.26.